The van der Waals surface area contributed by atoms with E-state index in [-0.39, 0.29) is 5.69 Å². The molecule has 1 heterocycles. The first kappa shape index (κ1) is 13.7. The molecule has 2 aromatic rings. The number of H-pyrrole nitrogens is 1. The summed E-state index contributed by atoms with van der Waals surface area (Å²) >= 11 is 1.43. The van der Waals surface area contributed by atoms with Crippen molar-refractivity contribution in [1.82, 2.24) is 9.97 Å². The molecule has 18 heavy (non-hydrogen) atoms. The summed E-state index contributed by atoms with van der Waals surface area (Å²) in [5.74, 6) is 0. The summed E-state index contributed by atoms with van der Waals surface area (Å²) in [6, 6.07) is 8.10. The van der Waals surface area contributed by atoms with Crippen LogP contribution in [0.25, 0.3) is 0 Å². The lowest BCUT2D eigenvalue weighted by Gasteiger charge is -1.96. The zero-order chi connectivity index (χ0) is 13.4. The second-order valence-electron chi connectivity index (χ2n) is 2.97. The maximum absolute atomic E-state index is 10.4. The van der Waals surface area contributed by atoms with Gasteiger partial charge in [0.15, 0.2) is 5.16 Å². The molecule has 1 N–H and O–H groups in total. The summed E-state index contributed by atoms with van der Waals surface area (Å²) in [5, 5.41) is 18.5. The number of hydrogen-bond donors (Lipinski definition) is 1. The maximum atomic E-state index is 10.4. The first-order chi connectivity index (χ1) is 8.67. The number of nitro benzene ring substituents is 1. The van der Waals surface area contributed by atoms with Crippen LogP contribution in [0.15, 0.2) is 46.7 Å². The Bertz CT molecular complexity index is 531. The fourth-order valence-electron chi connectivity index (χ4n) is 1.05. The second kappa shape index (κ2) is 7.09. The predicted molar refractivity (Wildman–Crippen MR) is 67.1 cm³/mol. The third-order valence-electron chi connectivity index (χ3n) is 1.74. The van der Waals surface area contributed by atoms with Gasteiger partial charge in [-0.05, 0) is 12.1 Å². The molecule has 0 spiro atoms. The third-order valence-corrected chi connectivity index (χ3v) is 2.66. The zero-order valence-electron chi connectivity index (χ0n) is 9.53. The monoisotopic (exact) mass is 262 g/mol. The molecule has 0 bridgehead atoms. The Labute approximate surface area is 108 Å². The molecular formula is C11H10N4O2S. The van der Waals surface area contributed by atoms with Crippen LogP contribution >= 0.6 is 11.8 Å². The van der Waals surface area contributed by atoms with Crippen molar-refractivity contribution in [3.05, 3.63) is 46.8 Å². The molecule has 0 saturated heterocycles. The summed E-state index contributed by atoms with van der Waals surface area (Å²) in [7, 11) is 0. The molecular weight excluding hydrogens is 252 g/mol. The number of nitriles is 1. The number of benzene rings is 1. The van der Waals surface area contributed by atoms with Gasteiger partial charge in [0.2, 0.25) is 0 Å². The van der Waals surface area contributed by atoms with Crippen LogP contribution in [0.5, 0.6) is 0 Å². The SMILES string of the molecule is CC#N.O=[N+]([O-])c1ccc(Sc2ncc[nH]2)cc1. The Morgan fingerprint density at radius 1 is 1.44 bits per heavy atom. The Morgan fingerprint density at radius 2 is 2.06 bits per heavy atom. The molecule has 0 amide bonds. The minimum Gasteiger partial charge on any atom is -0.339 e. The molecule has 6 nitrogen and oxygen atoms in total. The van der Waals surface area contributed by atoms with Gasteiger partial charge in [0, 0.05) is 36.3 Å². The van der Waals surface area contributed by atoms with Gasteiger partial charge in [-0.3, -0.25) is 10.1 Å². The van der Waals surface area contributed by atoms with Gasteiger partial charge in [-0.15, -0.1) is 0 Å². The molecule has 7 heteroatoms. The molecule has 0 aliphatic rings. The van der Waals surface area contributed by atoms with E-state index in [9.17, 15) is 10.1 Å². The lowest BCUT2D eigenvalue weighted by atomic mass is 10.3. The van der Waals surface area contributed by atoms with Crippen molar-refractivity contribution in [2.24, 2.45) is 0 Å². The Morgan fingerprint density at radius 3 is 2.50 bits per heavy atom. The van der Waals surface area contributed by atoms with Crippen molar-refractivity contribution in [2.75, 3.05) is 0 Å². The van der Waals surface area contributed by atoms with Crippen LogP contribution in [-0.4, -0.2) is 14.9 Å². The Hall–Kier alpha value is -2.33. The maximum Gasteiger partial charge on any atom is 0.269 e. The highest BCUT2D eigenvalue weighted by Gasteiger charge is 2.05. The molecule has 0 saturated carbocycles. The number of imidazole rings is 1. The molecule has 0 fully saturated rings. The molecule has 0 atom stereocenters. The van der Waals surface area contributed by atoms with Gasteiger partial charge in [-0.25, -0.2) is 4.98 Å². The first-order valence-electron chi connectivity index (χ1n) is 4.90. The highest BCUT2D eigenvalue weighted by Crippen LogP contribution is 2.25. The Balaban J connectivity index is 0.000000492. The third kappa shape index (κ3) is 4.27. The highest BCUT2D eigenvalue weighted by molar-refractivity contribution is 7.99. The van der Waals surface area contributed by atoms with Gasteiger partial charge in [0.25, 0.3) is 5.69 Å². The molecule has 0 aliphatic carbocycles. The number of rotatable bonds is 3. The van der Waals surface area contributed by atoms with Gasteiger partial charge >= 0.3 is 0 Å². The summed E-state index contributed by atoms with van der Waals surface area (Å²) < 4.78 is 0. The highest BCUT2D eigenvalue weighted by atomic mass is 32.2. The van der Waals surface area contributed by atoms with Crippen LogP contribution in [0.4, 0.5) is 5.69 Å². The van der Waals surface area contributed by atoms with E-state index in [1.165, 1.54) is 30.8 Å². The van der Waals surface area contributed by atoms with E-state index in [1.54, 1.807) is 30.6 Å². The van der Waals surface area contributed by atoms with Crippen molar-refractivity contribution in [3.8, 4) is 6.07 Å². The van der Waals surface area contributed by atoms with Crippen LogP contribution in [0.3, 0.4) is 0 Å². The molecule has 0 radical (unpaired) electrons. The normalized spacial score (nSPS) is 8.89. The van der Waals surface area contributed by atoms with Crippen LogP contribution in [0.2, 0.25) is 0 Å². The van der Waals surface area contributed by atoms with E-state index >= 15 is 0 Å². The van der Waals surface area contributed by atoms with Gasteiger partial charge in [0.05, 0.1) is 11.0 Å². The van der Waals surface area contributed by atoms with Crippen molar-refractivity contribution in [1.29, 1.82) is 5.26 Å². The van der Waals surface area contributed by atoms with Crippen molar-refractivity contribution in [2.45, 2.75) is 17.0 Å². The molecule has 1 aromatic carbocycles. The van der Waals surface area contributed by atoms with Gasteiger partial charge in [-0.1, -0.05) is 11.8 Å². The number of nitro groups is 1. The van der Waals surface area contributed by atoms with Gasteiger partial charge in [0.1, 0.15) is 0 Å². The molecule has 2 rings (SSSR count). The minimum atomic E-state index is -0.415. The van der Waals surface area contributed by atoms with Crippen molar-refractivity contribution in [3.63, 3.8) is 0 Å². The standard InChI is InChI=1S/C9H7N3O2S.C2H3N/c13-12(14)7-1-3-8(4-2-7)15-9-10-5-6-11-9;1-2-3/h1-6H,(H,10,11);1H3. The average Bonchev–Trinajstić information content (AvgIpc) is 2.83. The summed E-state index contributed by atoms with van der Waals surface area (Å²) in [6.45, 7) is 1.43. The van der Waals surface area contributed by atoms with E-state index in [0.717, 1.165) is 10.1 Å². The lowest BCUT2D eigenvalue weighted by Crippen LogP contribution is -1.86. The second-order valence-corrected chi connectivity index (χ2v) is 4.03. The smallest absolute Gasteiger partial charge is 0.269 e. The number of hydrogen-bond acceptors (Lipinski definition) is 5. The molecule has 0 unspecified atom stereocenters. The lowest BCUT2D eigenvalue weighted by molar-refractivity contribution is -0.384. The fraction of sp³-hybridized carbons (Fsp3) is 0.0909. The first-order valence-corrected chi connectivity index (χ1v) is 5.71. The van der Waals surface area contributed by atoms with Gasteiger partial charge < -0.3 is 4.98 Å². The van der Waals surface area contributed by atoms with E-state index < -0.39 is 4.92 Å². The van der Waals surface area contributed by atoms with Crippen LogP contribution in [0, 0.1) is 21.4 Å². The number of nitrogens with one attached hydrogen (secondary N) is 1. The molecule has 0 aliphatic heterocycles. The van der Waals surface area contributed by atoms with Crippen molar-refractivity contribution >= 4 is 17.4 Å². The fourth-order valence-corrected chi connectivity index (χ4v) is 1.79. The van der Waals surface area contributed by atoms with Crippen LogP contribution in [-0.2, 0) is 0 Å². The predicted octanol–water partition coefficient (Wildman–Crippen LogP) is 3.00. The summed E-state index contributed by atoms with van der Waals surface area (Å²) in [4.78, 5) is 17.9. The number of aromatic amines is 1. The van der Waals surface area contributed by atoms with Gasteiger partial charge in [-0.2, -0.15) is 5.26 Å². The summed E-state index contributed by atoms with van der Waals surface area (Å²) in [6.07, 6.45) is 3.39. The zero-order valence-corrected chi connectivity index (χ0v) is 10.3. The van der Waals surface area contributed by atoms with E-state index in [0.29, 0.717) is 0 Å². The number of non-ortho nitro benzene ring substituents is 1. The van der Waals surface area contributed by atoms with Crippen LogP contribution < -0.4 is 0 Å². The largest absolute Gasteiger partial charge is 0.339 e. The van der Waals surface area contributed by atoms with E-state index in [2.05, 4.69) is 9.97 Å². The quantitative estimate of drug-likeness (QED) is 0.677. The molecule has 92 valence electrons. The van der Waals surface area contributed by atoms with Crippen molar-refractivity contribution < 1.29 is 4.92 Å². The Kier molecular flexibility index (Phi) is 5.41. The average molecular weight is 262 g/mol. The number of nitrogens with zero attached hydrogens (tertiary/aromatic N) is 3. The summed E-state index contributed by atoms with van der Waals surface area (Å²) in [5.41, 5.74) is 0.0961. The van der Waals surface area contributed by atoms with Crippen LogP contribution in [0.1, 0.15) is 6.92 Å². The number of aromatic nitrogens is 2. The van der Waals surface area contributed by atoms with E-state index in [1.807, 2.05) is 0 Å². The minimum absolute atomic E-state index is 0.0961. The van der Waals surface area contributed by atoms with E-state index in [4.69, 9.17) is 5.26 Å². The topological polar surface area (TPSA) is 95.6 Å². The molecule has 1 aromatic heterocycles.